The molecule has 0 spiro atoms. The molecule has 0 nitrogen and oxygen atoms in total. The van der Waals surface area contributed by atoms with Crippen LogP contribution in [0.5, 0.6) is 0 Å². The molecule has 50 heavy (non-hydrogen) atoms. The van der Waals surface area contributed by atoms with Gasteiger partial charge in [-0.05, 0) is 0 Å². The summed E-state index contributed by atoms with van der Waals surface area (Å²) in [5, 5.41) is 0. The summed E-state index contributed by atoms with van der Waals surface area (Å²) in [6.45, 7) is 0. The van der Waals surface area contributed by atoms with Crippen LogP contribution in [-0.2, 0) is 0 Å². The van der Waals surface area contributed by atoms with Crippen LogP contribution in [0.1, 0.15) is 0 Å². The summed E-state index contributed by atoms with van der Waals surface area (Å²) in [4.78, 5) is 2.74. The quantitative estimate of drug-likeness (QED) is 0.0707. The van der Waals surface area contributed by atoms with Gasteiger partial charge in [0.05, 0.1) is 0 Å². The minimum absolute atomic E-state index is 0.450. The van der Waals surface area contributed by atoms with E-state index in [1.807, 2.05) is 0 Å². The second-order valence-corrected chi connectivity index (χ2v) is 1150. The zero-order valence-corrected chi connectivity index (χ0v) is 125. The predicted molar refractivity (Wildman–Crippen MR) is 693 cm³/mol. The number of hydrogen-bond donors (Lipinski definition) is 0. The molecule has 0 amide bonds. The number of rotatable bonds is 23. The molecule has 0 bridgehead atoms. The molecule has 49 heteroatoms. The van der Waals surface area contributed by atoms with Crippen molar-refractivity contribution in [3.8, 4) is 0 Å². The van der Waals surface area contributed by atoms with Gasteiger partial charge < -0.3 is 0 Å². The second-order valence-electron chi connectivity index (χ2n) is 4.07. The average Bonchev–Trinajstić information content (AvgIpc) is 3.10. The molecule has 350 valence electrons. The first-order valence-electron chi connectivity index (χ1n) is 7.24. The van der Waals surface area contributed by atoms with Gasteiger partial charge in [-0.2, -0.15) is 0 Å². The van der Waals surface area contributed by atoms with Gasteiger partial charge in [-0.1, -0.05) is 0 Å². The molecule has 0 aliphatic carbocycles. The van der Waals surface area contributed by atoms with Gasteiger partial charge in [-0.3, -0.25) is 0 Å². The van der Waals surface area contributed by atoms with E-state index in [9.17, 15) is 0 Å². The van der Waals surface area contributed by atoms with E-state index in [-0.39, 0.29) is 0 Å². The van der Waals surface area contributed by atoms with Gasteiger partial charge in [-0.25, -0.2) is 0 Å². The van der Waals surface area contributed by atoms with Crippen LogP contribution in [-0.4, -0.2) is 4.93 Å². The summed E-state index contributed by atoms with van der Waals surface area (Å²) in [7, 11) is -12.3. The van der Waals surface area contributed by atoms with E-state index in [1.165, 1.54) is 0 Å². The van der Waals surface area contributed by atoms with E-state index >= 15 is 0 Å². The summed E-state index contributed by atoms with van der Waals surface area (Å²) >= 11 is 81.5. The maximum absolute atomic E-state index is 3.39. The Hall–Kier alpha value is 35.8. The standard InChI is InChI=1S/CH3I49/c1-27(2)29(5)31(7)33(9)35(11)37(13)39(15)41(17)43(19)45(21)47(23)49(25)50(26)48(24)46(22)44(20)42(18)40(16)38(14)36(12)34(10)32(8)30(6)28(3)4/h1H3. The molecule has 0 unspecified atom stereocenters. The number of alkyl halides is 1. The average molecular weight is 6230 g/mol. The van der Waals surface area contributed by atoms with Crippen molar-refractivity contribution in [2.45, 2.75) is 0 Å². The van der Waals surface area contributed by atoms with Gasteiger partial charge >= 0.3 is 664 Å². The zero-order valence-electron chi connectivity index (χ0n) is 19.5. The molecule has 0 N–H and O–H groups in total. The van der Waals surface area contributed by atoms with Crippen molar-refractivity contribution in [3.05, 3.63) is 0 Å². The van der Waals surface area contributed by atoms with E-state index in [0.717, 1.165) is 0 Å². The first-order chi connectivity index (χ1) is 22.7. The normalized spacial score (nSPS) is 18.8. The predicted octanol–water partition coefficient (Wildman–Crippen LogP) is 43.6. The molecule has 0 aromatic heterocycles. The Balaban J connectivity index is 5.56. The van der Waals surface area contributed by atoms with Crippen molar-refractivity contribution in [2.75, 3.05) is 4.93 Å². The van der Waals surface area contributed by atoms with Crippen LogP contribution < -0.4 is 0 Å². The van der Waals surface area contributed by atoms with Gasteiger partial charge in [-0.15, -0.1) is 0 Å². The van der Waals surface area contributed by atoms with Crippen LogP contribution in [0.2, 0.25) is 0 Å². The maximum atomic E-state index is 3.39. The Morgan fingerprint density at radius 1 is 0.160 bits per heavy atom. The van der Waals surface area contributed by atoms with Crippen LogP contribution in [0.25, 0.3) is 0 Å². The Bertz CT molecular complexity index is 820. The van der Waals surface area contributed by atoms with Gasteiger partial charge in [0.25, 0.3) is 0 Å². The Labute approximate surface area is 624 Å². The van der Waals surface area contributed by atoms with Crippen LogP contribution in [0, 0.1) is 0 Å². The zero-order chi connectivity index (χ0) is 39.9. The van der Waals surface area contributed by atoms with Crippen LogP contribution in [0.3, 0.4) is 0 Å². The summed E-state index contributed by atoms with van der Waals surface area (Å²) in [5.74, 6) is 0. The third-order valence-corrected chi connectivity index (χ3v) is 3750. The fourth-order valence-electron chi connectivity index (χ4n) is 0.704. The molecule has 0 rings (SSSR count). The molecule has 0 fully saturated rings. The van der Waals surface area contributed by atoms with E-state index in [4.69, 9.17) is 0 Å². The van der Waals surface area contributed by atoms with E-state index in [1.54, 1.807) is 0 Å². The van der Waals surface area contributed by atoms with E-state index in [0.29, 0.717) is 0 Å². The van der Waals surface area contributed by atoms with Crippen molar-refractivity contribution in [2.24, 2.45) is 0 Å². The third kappa shape index (κ3) is 35.2. The fraction of sp³-hybridized carbons (Fsp3) is 1.00. The van der Waals surface area contributed by atoms with Gasteiger partial charge in [0.1, 0.15) is 0 Å². The molecule has 0 atom stereocenters. The van der Waals surface area contributed by atoms with Crippen molar-refractivity contribution in [1.82, 2.24) is 0 Å². The molecular formula is CH3I49. The van der Waals surface area contributed by atoms with Crippen molar-refractivity contribution in [3.63, 3.8) is 0 Å². The second kappa shape index (κ2) is 51.2. The summed E-state index contributed by atoms with van der Waals surface area (Å²) in [5.41, 5.74) is 0. The molecular weight excluding hydrogens is 6230 g/mol. The minimum atomic E-state index is -0.576. The van der Waals surface area contributed by atoms with E-state index in [2.05, 4.69) is 470 Å². The van der Waals surface area contributed by atoms with Crippen LogP contribution in [0.15, 0.2) is 0 Å². The molecule has 0 radical (unpaired) electrons. The van der Waals surface area contributed by atoms with Crippen LogP contribution in [0.4, 0.5) is 0 Å². The Kier molecular flexibility index (Phi) is 87.9. The molecule has 0 heterocycles. The summed E-state index contributed by atoms with van der Waals surface area (Å²) in [6, 6.07) is 0. The first-order valence-corrected chi connectivity index (χ1v) is 311. The summed E-state index contributed by atoms with van der Waals surface area (Å²) < 4.78 is 0. The number of halogens is 49. The van der Waals surface area contributed by atoms with Crippen LogP contribution >= 0.6 is 659 Å². The molecule has 0 aliphatic rings. The number of hydrogen-bond acceptors (Lipinski definition) is 0. The topological polar surface area (TPSA) is 0 Å². The van der Waals surface area contributed by atoms with Gasteiger partial charge in [0.2, 0.25) is 0 Å². The monoisotopic (exact) mass is 6230 g/mol. The summed E-state index contributed by atoms with van der Waals surface area (Å²) in [6.07, 6.45) is 0. The van der Waals surface area contributed by atoms with Gasteiger partial charge in [0.15, 0.2) is 0 Å². The molecule has 0 aromatic carbocycles. The first kappa shape index (κ1) is 85.8. The molecule has 0 aromatic rings. The van der Waals surface area contributed by atoms with Crippen molar-refractivity contribution in [1.29, 1.82) is 0 Å². The molecule has 0 saturated carbocycles. The van der Waals surface area contributed by atoms with Crippen molar-refractivity contribution < 1.29 is 0 Å². The van der Waals surface area contributed by atoms with E-state index < -0.39 is 193 Å². The molecule has 0 saturated heterocycles. The fourth-order valence-corrected chi connectivity index (χ4v) is 9090. The Morgan fingerprint density at radius 3 is 0.360 bits per heavy atom. The van der Waals surface area contributed by atoms with Gasteiger partial charge in [0, 0.05) is 0 Å². The third-order valence-electron chi connectivity index (χ3n) is 1.94. The SMILES string of the molecule is CI(I)I(I)I(I)I(I)I(I)I(I)I(I)I(I)I(I)I(I)I(I)I(I)I(I)I(I)I(I)I(I)I(I)I(I)I(I)I(I)I(I)I(I)I(I)I(I)I. The molecule has 0 aliphatic heterocycles. The van der Waals surface area contributed by atoms with Crippen molar-refractivity contribution >= 4 is 659 Å². The Morgan fingerprint density at radius 2 is 0.260 bits per heavy atom.